The molecule has 1 aliphatic rings. The largest absolute Gasteiger partial charge is 0.488 e. The fraction of sp³-hybridized carbons (Fsp3) is 0.312. The predicted octanol–water partition coefficient (Wildman–Crippen LogP) is 2.28. The van der Waals surface area contributed by atoms with Crippen LogP contribution in [-0.2, 0) is 6.61 Å². The Hall–Kier alpha value is -1.85. The lowest BCUT2D eigenvalue weighted by molar-refractivity contribution is 0.0941. The maximum atomic E-state index is 12.1. The van der Waals surface area contributed by atoms with Crippen molar-refractivity contribution in [3.63, 3.8) is 0 Å². The number of amides is 1. The number of benzene rings is 1. The summed E-state index contributed by atoms with van der Waals surface area (Å²) in [6, 6.07) is 11.4. The molecule has 0 unspecified atom stereocenters. The summed E-state index contributed by atoms with van der Waals surface area (Å²) >= 11 is 1.66. The molecule has 110 valence electrons. The van der Waals surface area contributed by atoms with E-state index in [4.69, 9.17) is 4.74 Å². The van der Waals surface area contributed by atoms with Gasteiger partial charge in [-0.25, -0.2) is 0 Å². The lowest BCUT2D eigenvalue weighted by atomic mass is 10.0. The van der Waals surface area contributed by atoms with E-state index in [1.54, 1.807) is 17.4 Å². The normalized spacial score (nSPS) is 14.5. The summed E-state index contributed by atoms with van der Waals surface area (Å²) in [4.78, 5) is 13.3. The number of ether oxygens (including phenoxy) is 1. The van der Waals surface area contributed by atoms with Gasteiger partial charge in [-0.15, -0.1) is 11.3 Å². The standard InChI is InChI=1S/C16H18N2O2S/c19-16(18-10-12-8-17-9-12)13-3-1-4-14(7-13)20-11-15-5-2-6-21-15/h1-7,12,17H,8-11H2,(H,18,19). The number of carbonyl (C=O) groups is 1. The van der Waals surface area contributed by atoms with Gasteiger partial charge < -0.3 is 15.4 Å². The summed E-state index contributed by atoms with van der Waals surface area (Å²) in [5.74, 6) is 1.25. The van der Waals surface area contributed by atoms with E-state index in [1.165, 1.54) is 4.88 Å². The Morgan fingerprint density at radius 3 is 2.95 bits per heavy atom. The molecular weight excluding hydrogens is 284 g/mol. The number of hydrogen-bond donors (Lipinski definition) is 2. The third-order valence-corrected chi connectivity index (χ3v) is 4.32. The first kappa shape index (κ1) is 14.1. The molecule has 0 spiro atoms. The van der Waals surface area contributed by atoms with Crippen molar-refractivity contribution in [3.8, 4) is 5.75 Å². The zero-order chi connectivity index (χ0) is 14.5. The van der Waals surface area contributed by atoms with Crippen LogP contribution in [0.4, 0.5) is 0 Å². The van der Waals surface area contributed by atoms with Crippen LogP contribution >= 0.6 is 11.3 Å². The molecule has 0 radical (unpaired) electrons. The third-order valence-electron chi connectivity index (χ3n) is 3.47. The van der Waals surface area contributed by atoms with E-state index in [1.807, 2.05) is 35.7 Å². The molecular formula is C16H18N2O2S. The molecule has 1 saturated heterocycles. The van der Waals surface area contributed by atoms with Gasteiger partial charge in [-0.1, -0.05) is 12.1 Å². The molecule has 0 bridgehead atoms. The van der Waals surface area contributed by atoms with Crippen molar-refractivity contribution in [2.24, 2.45) is 5.92 Å². The molecule has 1 amide bonds. The van der Waals surface area contributed by atoms with Crippen LogP contribution in [0, 0.1) is 5.92 Å². The average Bonchev–Trinajstić information content (AvgIpc) is 2.97. The van der Waals surface area contributed by atoms with Crippen molar-refractivity contribution in [3.05, 3.63) is 52.2 Å². The third kappa shape index (κ3) is 3.83. The van der Waals surface area contributed by atoms with Crippen molar-refractivity contribution < 1.29 is 9.53 Å². The van der Waals surface area contributed by atoms with E-state index in [9.17, 15) is 4.79 Å². The molecule has 1 fully saturated rings. The van der Waals surface area contributed by atoms with Crippen LogP contribution in [0.5, 0.6) is 5.75 Å². The molecule has 1 aliphatic heterocycles. The molecule has 2 heterocycles. The van der Waals surface area contributed by atoms with Gasteiger partial charge in [0.15, 0.2) is 0 Å². The van der Waals surface area contributed by atoms with Gasteiger partial charge in [-0.3, -0.25) is 4.79 Å². The number of carbonyl (C=O) groups excluding carboxylic acids is 1. The summed E-state index contributed by atoms with van der Waals surface area (Å²) in [6.45, 7) is 3.25. The maximum absolute atomic E-state index is 12.1. The predicted molar refractivity (Wildman–Crippen MR) is 83.8 cm³/mol. The van der Waals surface area contributed by atoms with Crippen LogP contribution < -0.4 is 15.4 Å². The monoisotopic (exact) mass is 302 g/mol. The van der Waals surface area contributed by atoms with Crippen molar-refractivity contribution >= 4 is 17.2 Å². The molecule has 1 aromatic carbocycles. The van der Waals surface area contributed by atoms with Crippen molar-refractivity contribution in [2.75, 3.05) is 19.6 Å². The molecule has 1 aromatic heterocycles. The highest BCUT2D eigenvalue weighted by atomic mass is 32.1. The first-order chi connectivity index (χ1) is 10.3. The second-order valence-electron chi connectivity index (χ2n) is 5.13. The quantitative estimate of drug-likeness (QED) is 0.861. The molecule has 21 heavy (non-hydrogen) atoms. The first-order valence-electron chi connectivity index (χ1n) is 7.05. The lowest BCUT2D eigenvalue weighted by Crippen LogP contribution is -2.48. The number of hydrogen-bond acceptors (Lipinski definition) is 4. The van der Waals surface area contributed by atoms with Crippen LogP contribution in [0.25, 0.3) is 0 Å². The van der Waals surface area contributed by atoms with E-state index in [2.05, 4.69) is 10.6 Å². The molecule has 4 nitrogen and oxygen atoms in total. The van der Waals surface area contributed by atoms with Crippen LogP contribution in [0.1, 0.15) is 15.2 Å². The minimum Gasteiger partial charge on any atom is -0.488 e. The second-order valence-corrected chi connectivity index (χ2v) is 6.16. The zero-order valence-electron chi connectivity index (χ0n) is 11.7. The van der Waals surface area contributed by atoms with Gasteiger partial charge in [0.05, 0.1) is 0 Å². The highest BCUT2D eigenvalue weighted by molar-refractivity contribution is 7.09. The van der Waals surface area contributed by atoms with Crippen molar-refractivity contribution in [1.82, 2.24) is 10.6 Å². The molecule has 0 saturated carbocycles. The Morgan fingerprint density at radius 2 is 2.24 bits per heavy atom. The topological polar surface area (TPSA) is 50.4 Å². The number of thiophene rings is 1. The fourth-order valence-corrected chi connectivity index (χ4v) is 2.72. The van der Waals surface area contributed by atoms with Crippen LogP contribution in [0.15, 0.2) is 41.8 Å². The van der Waals surface area contributed by atoms with Crippen LogP contribution in [0.3, 0.4) is 0 Å². The van der Waals surface area contributed by atoms with E-state index in [0.29, 0.717) is 18.1 Å². The summed E-state index contributed by atoms with van der Waals surface area (Å²) < 4.78 is 5.72. The maximum Gasteiger partial charge on any atom is 0.251 e. The number of nitrogens with one attached hydrogen (secondary N) is 2. The Kier molecular flexibility index (Phi) is 4.52. The molecule has 3 rings (SSSR count). The van der Waals surface area contributed by atoms with Gasteiger partial charge in [-0.05, 0) is 29.6 Å². The van der Waals surface area contributed by atoms with Crippen molar-refractivity contribution in [2.45, 2.75) is 6.61 Å². The molecule has 0 aliphatic carbocycles. The Labute approximate surface area is 128 Å². The minimum absolute atomic E-state index is 0.0385. The van der Waals surface area contributed by atoms with E-state index in [-0.39, 0.29) is 5.91 Å². The van der Waals surface area contributed by atoms with Gasteiger partial charge in [0, 0.05) is 36.0 Å². The molecule has 2 aromatic rings. The Balaban J connectivity index is 1.55. The summed E-state index contributed by atoms with van der Waals surface area (Å²) in [6.07, 6.45) is 0. The highest BCUT2D eigenvalue weighted by Gasteiger charge is 2.17. The van der Waals surface area contributed by atoms with Gasteiger partial charge in [0.2, 0.25) is 0 Å². The van der Waals surface area contributed by atoms with E-state index < -0.39 is 0 Å². The van der Waals surface area contributed by atoms with Gasteiger partial charge in [-0.2, -0.15) is 0 Å². The Morgan fingerprint density at radius 1 is 1.33 bits per heavy atom. The van der Waals surface area contributed by atoms with E-state index in [0.717, 1.165) is 25.4 Å². The SMILES string of the molecule is O=C(NCC1CNC1)c1cccc(OCc2cccs2)c1. The molecule has 2 N–H and O–H groups in total. The first-order valence-corrected chi connectivity index (χ1v) is 7.93. The van der Waals surface area contributed by atoms with Crippen LogP contribution in [0.2, 0.25) is 0 Å². The van der Waals surface area contributed by atoms with E-state index >= 15 is 0 Å². The van der Waals surface area contributed by atoms with Gasteiger partial charge in [0.1, 0.15) is 12.4 Å². The lowest BCUT2D eigenvalue weighted by Gasteiger charge is -2.27. The summed E-state index contributed by atoms with van der Waals surface area (Å²) in [5, 5.41) is 8.18. The van der Waals surface area contributed by atoms with Gasteiger partial charge >= 0.3 is 0 Å². The average molecular weight is 302 g/mol. The molecule has 0 atom stereocenters. The second kappa shape index (κ2) is 6.74. The van der Waals surface area contributed by atoms with Crippen molar-refractivity contribution in [1.29, 1.82) is 0 Å². The van der Waals surface area contributed by atoms with Crippen LogP contribution in [-0.4, -0.2) is 25.5 Å². The fourth-order valence-electron chi connectivity index (χ4n) is 2.11. The summed E-state index contributed by atoms with van der Waals surface area (Å²) in [7, 11) is 0. The minimum atomic E-state index is -0.0385. The number of rotatable bonds is 6. The zero-order valence-corrected chi connectivity index (χ0v) is 12.5. The Bertz CT molecular complexity index is 594. The summed E-state index contributed by atoms with van der Waals surface area (Å²) in [5.41, 5.74) is 0.644. The van der Waals surface area contributed by atoms with Gasteiger partial charge in [0.25, 0.3) is 5.91 Å². The highest BCUT2D eigenvalue weighted by Crippen LogP contribution is 2.17. The molecule has 5 heteroatoms. The smallest absolute Gasteiger partial charge is 0.251 e.